The minimum Gasteiger partial charge on any atom is -0.458 e. The fraction of sp³-hybridized carbons (Fsp3) is 0.500. The van der Waals surface area contributed by atoms with E-state index in [-0.39, 0.29) is 18.9 Å². The number of amides is 1. The summed E-state index contributed by atoms with van der Waals surface area (Å²) in [5.74, 6) is -0.485. The van der Waals surface area contributed by atoms with E-state index >= 15 is 0 Å². The smallest absolute Gasteiger partial charge is 0.407 e. The number of ether oxygens (including phenoxy) is 2. The third-order valence-corrected chi connectivity index (χ3v) is 2.20. The lowest BCUT2D eigenvalue weighted by molar-refractivity contribution is 0.0412. The Bertz CT molecular complexity index is 449. The Kier molecular flexibility index (Phi) is 5.41. The molecular formula is C12H16BrNO5. The van der Waals surface area contributed by atoms with Crippen LogP contribution in [0.25, 0.3) is 0 Å². The first kappa shape index (κ1) is 15.6. The van der Waals surface area contributed by atoms with E-state index in [1.54, 1.807) is 26.8 Å². The van der Waals surface area contributed by atoms with Gasteiger partial charge < -0.3 is 19.2 Å². The zero-order valence-electron chi connectivity index (χ0n) is 11.0. The summed E-state index contributed by atoms with van der Waals surface area (Å²) < 4.78 is 15.4. The number of nitrogens with one attached hydrogen (secondary N) is 1. The molecule has 1 N–H and O–H groups in total. The van der Waals surface area contributed by atoms with Crippen LogP contribution in [0.1, 0.15) is 31.3 Å². The predicted molar refractivity (Wildman–Crippen MR) is 70.9 cm³/mol. The van der Waals surface area contributed by atoms with Crippen molar-refractivity contribution in [1.82, 2.24) is 5.32 Å². The molecule has 0 saturated carbocycles. The van der Waals surface area contributed by atoms with Crippen LogP contribution < -0.4 is 5.32 Å². The normalized spacial score (nSPS) is 10.9. The second-order valence-electron chi connectivity index (χ2n) is 4.67. The Morgan fingerprint density at radius 2 is 2.05 bits per heavy atom. The number of carbonyl (C=O) groups is 2. The summed E-state index contributed by atoms with van der Waals surface area (Å²) in [6.45, 7) is 5.50. The first-order chi connectivity index (χ1) is 8.78. The molecule has 6 nitrogen and oxygen atoms in total. The fourth-order valence-electron chi connectivity index (χ4n) is 1.11. The van der Waals surface area contributed by atoms with Crippen LogP contribution in [0, 0.1) is 0 Å². The molecule has 0 spiro atoms. The van der Waals surface area contributed by atoms with E-state index in [0.717, 1.165) is 0 Å². The summed E-state index contributed by atoms with van der Waals surface area (Å²) in [5.41, 5.74) is -0.554. The van der Waals surface area contributed by atoms with Crippen LogP contribution in [-0.4, -0.2) is 30.8 Å². The number of hydrogen-bond donors (Lipinski definition) is 1. The van der Waals surface area contributed by atoms with E-state index in [1.807, 2.05) is 0 Å². The summed E-state index contributed by atoms with van der Waals surface area (Å²) in [4.78, 5) is 22.7. The van der Waals surface area contributed by atoms with Crippen LogP contribution in [0.5, 0.6) is 0 Å². The number of hydrogen-bond acceptors (Lipinski definition) is 5. The second kappa shape index (κ2) is 6.60. The molecule has 0 unspecified atom stereocenters. The van der Waals surface area contributed by atoms with Gasteiger partial charge in [-0.15, -0.1) is 0 Å². The van der Waals surface area contributed by atoms with E-state index in [2.05, 4.69) is 21.2 Å². The molecule has 0 aromatic carbocycles. The van der Waals surface area contributed by atoms with Gasteiger partial charge in [0.25, 0.3) is 0 Å². The molecule has 106 valence electrons. The number of furan rings is 1. The maximum atomic E-state index is 11.5. The van der Waals surface area contributed by atoms with Gasteiger partial charge in [-0.1, -0.05) is 0 Å². The number of esters is 1. The summed E-state index contributed by atoms with van der Waals surface area (Å²) >= 11 is 3.08. The second-order valence-corrected chi connectivity index (χ2v) is 5.45. The molecule has 0 fully saturated rings. The van der Waals surface area contributed by atoms with Crippen LogP contribution in [0.4, 0.5) is 4.79 Å². The summed E-state index contributed by atoms with van der Waals surface area (Å²) in [6, 6.07) is 3.09. The van der Waals surface area contributed by atoms with Crippen molar-refractivity contribution in [3.8, 4) is 0 Å². The Morgan fingerprint density at radius 3 is 2.58 bits per heavy atom. The molecule has 1 rings (SSSR count). The maximum absolute atomic E-state index is 11.5. The summed E-state index contributed by atoms with van der Waals surface area (Å²) in [5, 5.41) is 2.47. The van der Waals surface area contributed by atoms with Crippen molar-refractivity contribution in [3.63, 3.8) is 0 Å². The van der Waals surface area contributed by atoms with Crippen LogP contribution >= 0.6 is 15.9 Å². The quantitative estimate of drug-likeness (QED) is 0.677. The van der Waals surface area contributed by atoms with Gasteiger partial charge in [0.1, 0.15) is 12.2 Å². The lowest BCUT2D eigenvalue weighted by atomic mass is 10.2. The molecule has 0 atom stereocenters. The van der Waals surface area contributed by atoms with Crippen molar-refractivity contribution in [2.45, 2.75) is 26.4 Å². The molecule has 0 bridgehead atoms. The van der Waals surface area contributed by atoms with Crippen LogP contribution in [-0.2, 0) is 9.47 Å². The van der Waals surface area contributed by atoms with Crippen molar-refractivity contribution < 1.29 is 23.5 Å². The average Bonchev–Trinajstić information content (AvgIpc) is 2.68. The highest BCUT2D eigenvalue weighted by atomic mass is 79.9. The lowest BCUT2D eigenvalue weighted by Crippen LogP contribution is -2.34. The molecule has 0 saturated heterocycles. The van der Waals surface area contributed by atoms with Gasteiger partial charge in [-0.3, -0.25) is 0 Å². The lowest BCUT2D eigenvalue weighted by Gasteiger charge is -2.19. The van der Waals surface area contributed by atoms with E-state index in [4.69, 9.17) is 13.9 Å². The zero-order chi connectivity index (χ0) is 14.5. The van der Waals surface area contributed by atoms with Gasteiger partial charge in [0.2, 0.25) is 5.76 Å². The van der Waals surface area contributed by atoms with E-state index in [1.165, 1.54) is 6.07 Å². The molecule has 19 heavy (non-hydrogen) atoms. The highest BCUT2D eigenvalue weighted by Gasteiger charge is 2.16. The van der Waals surface area contributed by atoms with Gasteiger partial charge in [0.05, 0.1) is 6.54 Å². The van der Waals surface area contributed by atoms with Gasteiger partial charge in [-0.05, 0) is 48.8 Å². The number of carbonyl (C=O) groups excluding carboxylic acids is 2. The van der Waals surface area contributed by atoms with E-state index in [0.29, 0.717) is 4.67 Å². The maximum Gasteiger partial charge on any atom is 0.407 e. The largest absolute Gasteiger partial charge is 0.458 e. The van der Waals surface area contributed by atoms with Gasteiger partial charge in [-0.2, -0.15) is 0 Å². The van der Waals surface area contributed by atoms with Crippen LogP contribution in [0.3, 0.4) is 0 Å². The van der Waals surface area contributed by atoms with Gasteiger partial charge in [0.15, 0.2) is 4.67 Å². The molecule has 0 aliphatic carbocycles. The Hall–Kier alpha value is -1.50. The first-order valence-electron chi connectivity index (χ1n) is 5.67. The summed E-state index contributed by atoms with van der Waals surface area (Å²) in [7, 11) is 0. The van der Waals surface area contributed by atoms with E-state index in [9.17, 15) is 9.59 Å². The minimum absolute atomic E-state index is 0.0381. The SMILES string of the molecule is CC(C)(C)OC(=O)NCCOC(=O)c1ccc(Br)o1. The topological polar surface area (TPSA) is 77.8 Å². The molecule has 1 aromatic rings. The van der Waals surface area contributed by atoms with Crippen molar-refractivity contribution in [3.05, 3.63) is 22.6 Å². The van der Waals surface area contributed by atoms with E-state index < -0.39 is 17.7 Å². The minimum atomic E-state index is -0.586. The molecule has 1 amide bonds. The van der Waals surface area contributed by atoms with Crippen LogP contribution in [0.15, 0.2) is 21.2 Å². The highest BCUT2D eigenvalue weighted by molar-refractivity contribution is 9.10. The molecule has 7 heteroatoms. The molecule has 0 aliphatic rings. The molecular weight excluding hydrogens is 318 g/mol. The Labute approximate surface area is 119 Å². The fourth-order valence-corrected chi connectivity index (χ4v) is 1.41. The number of halogens is 1. The molecule has 1 aromatic heterocycles. The molecule has 1 heterocycles. The van der Waals surface area contributed by atoms with Crippen LogP contribution in [0.2, 0.25) is 0 Å². The molecule has 0 radical (unpaired) electrons. The standard InChI is InChI=1S/C12H16BrNO5/c1-12(2,3)19-11(16)14-6-7-17-10(15)8-4-5-9(13)18-8/h4-5H,6-7H2,1-3H3,(H,14,16). The highest BCUT2D eigenvalue weighted by Crippen LogP contribution is 2.14. The van der Waals surface area contributed by atoms with Crippen molar-refractivity contribution in [2.75, 3.05) is 13.2 Å². The molecule has 0 aliphatic heterocycles. The third kappa shape index (κ3) is 6.28. The van der Waals surface area contributed by atoms with Gasteiger partial charge >= 0.3 is 12.1 Å². The third-order valence-electron chi connectivity index (χ3n) is 1.78. The Morgan fingerprint density at radius 1 is 1.37 bits per heavy atom. The number of alkyl carbamates (subject to hydrolysis) is 1. The monoisotopic (exact) mass is 333 g/mol. The van der Waals surface area contributed by atoms with Gasteiger partial charge in [-0.25, -0.2) is 9.59 Å². The van der Waals surface area contributed by atoms with Crippen molar-refractivity contribution in [1.29, 1.82) is 0 Å². The zero-order valence-corrected chi connectivity index (χ0v) is 12.6. The van der Waals surface area contributed by atoms with Gasteiger partial charge in [0, 0.05) is 0 Å². The Balaban J connectivity index is 2.21. The van der Waals surface area contributed by atoms with Crippen molar-refractivity contribution >= 4 is 28.0 Å². The predicted octanol–water partition coefficient (Wildman–Crippen LogP) is 2.72. The first-order valence-corrected chi connectivity index (χ1v) is 6.46. The summed E-state index contributed by atoms with van der Waals surface area (Å²) in [6.07, 6.45) is -0.552. The van der Waals surface area contributed by atoms with Crippen molar-refractivity contribution in [2.24, 2.45) is 0 Å². The average molecular weight is 334 g/mol. The number of rotatable bonds is 4.